The number of alkyl halides is 3. The molecule has 2 N–H and O–H groups in total. The van der Waals surface area contributed by atoms with Gasteiger partial charge in [0.2, 0.25) is 0 Å². The Morgan fingerprint density at radius 3 is 2.06 bits per heavy atom. The van der Waals surface area contributed by atoms with E-state index < -0.39 is 35.6 Å². The number of hydrogen-bond acceptors (Lipinski definition) is 2. The molecule has 0 saturated carbocycles. The molecule has 36 heavy (non-hydrogen) atoms. The number of benzene rings is 4. The lowest BCUT2D eigenvalue weighted by atomic mass is 9.94. The van der Waals surface area contributed by atoms with Crippen LogP contribution in [0.5, 0.6) is 0 Å². The highest BCUT2D eigenvalue weighted by Gasteiger charge is 2.30. The highest BCUT2D eigenvalue weighted by molar-refractivity contribution is 6.01. The summed E-state index contributed by atoms with van der Waals surface area (Å²) in [5, 5.41) is 13.9. The van der Waals surface area contributed by atoms with Gasteiger partial charge in [-0.05, 0) is 59.0 Å². The number of amides is 1. The first-order valence-corrected chi connectivity index (χ1v) is 11.3. The van der Waals surface area contributed by atoms with Crippen molar-refractivity contribution < 1.29 is 27.5 Å². The second-order valence-corrected chi connectivity index (χ2v) is 8.39. The van der Waals surface area contributed by atoms with Gasteiger partial charge in [0.1, 0.15) is 5.82 Å². The number of carbonyl (C=O) groups is 1. The zero-order valence-electron chi connectivity index (χ0n) is 19.0. The molecule has 0 bridgehead atoms. The third-order valence-corrected chi connectivity index (χ3v) is 5.90. The van der Waals surface area contributed by atoms with Crippen LogP contribution in [0.4, 0.5) is 17.6 Å². The molecule has 0 heterocycles. The van der Waals surface area contributed by atoms with Crippen molar-refractivity contribution in [2.24, 2.45) is 0 Å². The number of aliphatic hydroxyl groups excluding tert-OH is 1. The van der Waals surface area contributed by atoms with Crippen molar-refractivity contribution in [3.8, 4) is 11.1 Å². The van der Waals surface area contributed by atoms with E-state index in [1.54, 1.807) is 12.1 Å². The van der Waals surface area contributed by atoms with Crippen molar-refractivity contribution in [3.63, 3.8) is 0 Å². The van der Waals surface area contributed by atoms with Crippen LogP contribution in [-0.4, -0.2) is 17.1 Å². The molecule has 7 heteroatoms. The van der Waals surface area contributed by atoms with E-state index in [9.17, 15) is 27.5 Å². The molecule has 0 aromatic heterocycles. The molecule has 3 nitrogen and oxygen atoms in total. The smallest absolute Gasteiger partial charge is 0.386 e. The second-order valence-electron chi connectivity index (χ2n) is 8.39. The van der Waals surface area contributed by atoms with E-state index in [1.807, 2.05) is 42.5 Å². The van der Waals surface area contributed by atoms with E-state index in [2.05, 4.69) is 5.32 Å². The number of halogens is 4. The van der Waals surface area contributed by atoms with Gasteiger partial charge in [0, 0.05) is 5.56 Å². The van der Waals surface area contributed by atoms with E-state index in [0.29, 0.717) is 22.3 Å². The fourth-order valence-corrected chi connectivity index (χ4v) is 4.01. The molecule has 0 spiro atoms. The largest absolute Gasteiger partial charge is 0.416 e. The molecule has 0 radical (unpaired) electrons. The van der Waals surface area contributed by atoms with Crippen LogP contribution in [0.1, 0.15) is 33.2 Å². The van der Waals surface area contributed by atoms with Crippen molar-refractivity contribution in [1.29, 1.82) is 0 Å². The van der Waals surface area contributed by atoms with Crippen molar-refractivity contribution >= 4 is 5.91 Å². The second kappa shape index (κ2) is 10.7. The molecule has 4 aromatic carbocycles. The maximum Gasteiger partial charge on any atom is 0.416 e. The fraction of sp³-hybridized carbons (Fsp3) is 0.138. The maximum absolute atomic E-state index is 13.4. The summed E-state index contributed by atoms with van der Waals surface area (Å²) in [6.07, 6.45) is -5.66. The van der Waals surface area contributed by atoms with Gasteiger partial charge in [0.25, 0.3) is 5.91 Å². The van der Waals surface area contributed by atoms with Crippen LogP contribution < -0.4 is 5.32 Å². The highest BCUT2D eigenvalue weighted by atomic mass is 19.4. The number of rotatable bonds is 7. The van der Waals surface area contributed by atoms with Gasteiger partial charge in [0.15, 0.2) is 0 Å². The van der Waals surface area contributed by atoms with E-state index in [0.717, 1.165) is 17.7 Å². The molecule has 0 aliphatic carbocycles. The Bertz CT molecular complexity index is 1300. The van der Waals surface area contributed by atoms with Gasteiger partial charge in [-0.3, -0.25) is 4.79 Å². The lowest BCUT2D eigenvalue weighted by Gasteiger charge is -2.25. The molecule has 184 valence electrons. The zero-order chi connectivity index (χ0) is 25.7. The number of hydrogen-bond donors (Lipinski definition) is 2. The van der Waals surface area contributed by atoms with Gasteiger partial charge in [-0.1, -0.05) is 72.8 Å². The van der Waals surface area contributed by atoms with Gasteiger partial charge >= 0.3 is 6.18 Å². The van der Waals surface area contributed by atoms with Crippen molar-refractivity contribution in [2.45, 2.75) is 24.7 Å². The molecule has 0 fully saturated rings. The Morgan fingerprint density at radius 2 is 1.42 bits per heavy atom. The van der Waals surface area contributed by atoms with E-state index in [1.165, 1.54) is 36.4 Å². The predicted molar refractivity (Wildman–Crippen MR) is 130 cm³/mol. The summed E-state index contributed by atoms with van der Waals surface area (Å²) in [7, 11) is 0. The monoisotopic (exact) mass is 493 g/mol. The third kappa shape index (κ3) is 5.98. The number of carbonyl (C=O) groups excluding carboxylic acids is 1. The quantitative estimate of drug-likeness (QED) is 0.286. The lowest BCUT2D eigenvalue weighted by molar-refractivity contribution is -0.137. The minimum atomic E-state index is -4.47. The minimum Gasteiger partial charge on any atom is -0.386 e. The normalized spacial score (nSPS) is 13.1. The van der Waals surface area contributed by atoms with Crippen LogP contribution >= 0.6 is 0 Å². The van der Waals surface area contributed by atoms with Gasteiger partial charge in [0.05, 0.1) is 17.7 Å². The molecule has 0 aliphatic heterocycles. The molecule has 4 rings (SSSR count). The van der Waals surface area contributed by atoms with Crippen molar-refractivity contribution in [1.82, 2.24) is 5.32 Å². The van der Waals surface area contributed by atoms with Gasteiger partial charge < -0.3 is 10.4 Å². The Kier molecular flexibility index (Phi) is 7.50. The first kappa shape index (κ1) is 25.1. The first-order valence-electron chi connectivity index (χ1n) is 11.3. The Balaban J connectivity index is 1.64. The van der Waals surface area contributed by atoms with Gasteiger partial charge in [-0.2, -0.15) is 13.2 Å². The zero-order valence-corrected chi connectivity index (χ0v) is 19.0. The van der Waals surface area contributed by atoms with Crippen LogP contribution in [0.2, 0.25) is 0 Å². The molecule has 0 saturated heterocycles. The van der Waals surface area contributed by atoms with E-state index >= 15 is 0 Å². The standard InChI is InChI=1S/C29H23F4NO2/c30-23-16-12-21(13-17-23)27(35)26(18-19-10-14-22(15-11-19)29(31,32)33)34-28(36)25-9-5-4-8-24(25)20-6-2-1-3-7-20/h1-17,26-27,35H,18H2,(H,34,36). The molecular weight excluding hydrogens is 470 g/mol. The maximum atomic E-state index is 13.4. The Morgan fingerprint density at radius 1 is 0.806 bits per heavy atom. The summed E-state index contributed by atoms with van der Waals surface area (Å²) in [6.45, 7) is 0. The fourth-order valence-electron chi connectivity index (χ4n) is 4.01. The van der Waals surface area contributed by atoms with Gasteiger partial charge in [-0.15, -0.1) is 0 Å². The van der Waals surface area contributed by atoms with E-state index in [-0.39, 0.29) is 6.42 Å². The predicted octanol–water partition coefficient (Wildman–Crippen LogP) is 6.59. The highest BCUT2D eigenvalue weighted by Crippen LogP contribution is 2.30. The summed E-state index contributed by atoms with van der Waals surface area (Å²) in [5.41, 5.74) is 1.98. The average Bonchev–Trinajstić information content (AvgIpc) is 2.88. The Hall–Kier alpha value is -3.97. The third-order valence-electron chi connectivity index (χ3n) is 5.90. The average molecular weight is 494 g/mol. The lowest BCUT2D eigenvalue weighted by Crippen LogP contribution is -2.41. The van der Waals surface area contributed by atoms with Crippen LogP contribution in [0.25, 0.3) is 11.1 Å². The number of nitrogens with one attached hydrogen (secondary N) is 1. The minimum absolute atomic E-state index is 0.0515. The SMILES string of the molecule is O=C(NC(Cc1ccc(C(F)(F)F)cc1)C(O)c1ccc(F)cc1)c1ccccc1-c1ccccc1. The summed E-state index contributed by atoms with van der Waals surface area (Å²) in [4.78, 5) is 13.4. The van der Waals surface area contributed by atoms with Crippen LogP contribution in [0.15, 0.2) is 103 Å². The van der Waals surface area contributed by atoms with Crippen LogP contribution in [-0.2, 0) is 12.6 Å². The molecular formula is C29H23F4NO2. The van der Waals surface area contributed by atoms with Crippen molar-refractivity contribution in [3.05, 3.63) is 131 Å². The Labute approximate surface area is 206 Å². The topological polar surface area (TPSA) is 49.3 Å². The summed E-state index contributed by atoms with van der Waals surface area (Å²) < 4.78 is 52.3. The van der Waals surface area contributed by atoms with Gasteiger partial charge in [-0.25, -0.2) is 4.39 Å². The molecule has 0 aliphatic rings. The van der Waals surface area contributed by atoms with E-state index in [4.69, 9.17) is 0 Å². The molecule has 2 atom stereocenters. The van der Waals surface area contributed by atoms with Crippen LogP contribution in [0, 0.1) is 5.82 Å². The van der Waals surface area contributed by atoms with Crippen molar-refractivity contribution in [2.75, 3.05) is 0 Å². The number of aliphatic hydroxyl groups is 1. The summed E-state index contributed by atoms with van der Waals surface area (Å²) in [5.74, 6) is -0.932. The summed E-state index contributed by atoms with van der Waals surface area (Å²) >= 11 is 0. The summed E-state index contributed by atoms with van der Waals surface area (Å²) in [6, 6.07) is 25.2. The first-order chi connectivity index (χ1) is 17.2. The van der Waals surface area contributed by atoms with Crippen LogP contribution in [0.3, 0.4) is 0 Å². The molecule has 4 aromatic rings. The molecule has 2 unspecified atom stereocenters. The molecule has 1 amide bonds.